The Bertz CT molecular complexity index is 1250. The normalized spacial score (nSPS) is 11.2. The standard InChI is InChI=1S/C22H21FN4O2/c1-2-13-25-15-24-20-19(25)21(28)26(14-12-16-6-4-3-5-7-16)22(29)27(20)18-10-8-17(23)9-11-18/h3-11,15H,2,12-14H2,1H3. The van der Waals surface area contributed by atoms with Gasteiger partial charge >= 0.3 is 5.69 Å². The summed E-state index contributed by atoms with van der Waals surface area (Å²) < 4.78 is 17.8. The average Bonchev–Trinajstić information content (AvgIpc) is 3.14. The van der Waals surface area contributed by atoms with E-state index in [2.05, 4.69) is 4.98 Å². The number of hydrogen-bond donors (Lipinski definition) is 0. The van der Waals surface area contributed by atoms with Crippen molar-refractivity contribution < 1.29 is 4.39 Å². The van der Waals surface area contributed by atoms with Crippen LogP contribution in [-0.2, 0) is 19.5 Å². The summed E-state index contributed by atoms with van der Waals surface area (Å²) in [4.78, 5) is 30.8. The number of halogens is 1. The largest absolute Gasteiger partial charge is 0.337 e. The minimum Gasteiger partial charge on any atom is -0.325 e. The van der Waals surface area contributed by atoms with Crippen molar-refractivity contribution in [3.05, 3.63) is 93.1 Å². The fourth-order valence-electron chi connectivity index (χ4n) is 3.50. The summed E-state index contributed by atoms with van der Waals surface area (Å²) in [6.45, 7) is 2.87. The summed E-state index contributed by atoms with van der Waals surface area (Å²) in [6, 6.07) is 15.3. The molecular weight excluding hydrogens is 371 g/mol. The summed E-state index contributed by atoms with van der Waals surface area (Å²) in [7, 11) is 0. The number of hydrogen-bond acceptors (Lipinski definition) is 3. The molecule has 0 aliphatic heterocycles. The molecule has 29 heavy (non-hydrogen) atoms. The predicted molar refractivity (Wildman–Crippen MR) is 110 cm³/mol. The van der Waals surface area contributed by atoms with Gasteiger partial charge in [-0.15, -0.1) is 0 Å². The number of nitrogens with zero attached hydrogens (tertiary/aromatic N) is 4. The van der Waals surface area contributed by atoms with E-state index in [0.29, 0.717) is 24.2 Å². The molecule has 2 aromatic carbocycles. The molecule has 0 aliphatic carbocycles. The molecule has 0 N–H and O–H groups in total. The number of aromatic nitrogens is 4. The third-order valence-corrected chi connectivity index (χ3v) is 4.92. The number of fused-ring (bicyclic) bond motifs is 1. The van der Waals surface area contributed by atoms with Gasteiger partial charge < -0.3 is 4.57 Å². The van der Waals surface area contributed by atoms with Gasteiger partial charge in [-0.05, 0) is 42.7 Å². The lowest BCUT2D eigenvalue weighted by Gasteiger charge is -2.13. The fourth-order valence-corrected chi connectivity index (χ4v) is 3.50. The third kappa shape index (κ3) is 3.51. The zero-order chi connectivity index (χ0) is 20.4. The molecule has 4 rings (SSSR count). The van der Waals surface area contributed by atoms with Crippen molar-refractivity contribution in [3.8, 4) is 5.69 Å². The molecule has 0 saturated heterocycles. The van der Waals surface area contributed by atoms with E-state index in [9.17, 15) is 14.0 Å². The van der Waals surface area contributed by atoms with Crippen LogP contribution in [0.1, 0.15) is 18.9 Å². The van der Waals surface area contributed by atoms with Crippen LogP contribution in [0.25, 0.3) is 16.9 Å². The Balaban J connectivity index is 1.92. The molecule has 0 spiro atoms. The maximum atomic E-state index is 13.4. The second kappa shape index (κ2) is 7.87. The minimum absolute atomic E-state index is 0.246. The van der Waals surface area contributed by atoms with E-state index in [1.807, 2.05) is 37.3 Å². The van der Waals surface area contributed by atoms with Crippen molar-refractivity contribution in [1.82, 2.24) is 18.7 Å². The Morgan fingerprint density at radius 3 is 2.38 bits per heavy atom. The van der Waals surface area contributed by atoms with Gasteiger partial charge in [-0.3, -0.25) is 9.36 Å². The Morgan fingerprint density at radius 2 is 1.69 bits per heavy atom. The first kappa shape index (κ1) is 18.9. The Labute approximate surface area is 166 Å². The Hall–Kier alpha value is -3.48. The molecule has 148 valence electrons. The van der Waals surface area contributed by atoms with Crippen molar-refractivity contribution in [3.63, 3.8) is 0 Å². The Kier molecular flexibility index (Phi) is 5.12. The van der Waals surface area contributed by atoms with Gasteiger partial charge in [-0.2, -0.15) is 0 Å². The first-order chi connectivity index (χ1) is 14.1. The minimum atomic E-state index is -0.480. The van der Waals surface area contributed by atoms with Crippen LogP contribution in [-0.4, -0.2) is 18.7 Å². The van der Waals surface area contributed by atoms with Crippen LogP contribution in [0.15, 0.2) is 70.5 Å². The van der Waals surface area contributed by atoms with E-state index in [4.69, 9.17) is 0 Å². The van der Waals surface area contributed by atoms with E-state index in [0.717, 1.165) is 12.0 Å². The highest BCUT2D eigenvalue weighted by molar-refractivity contribution is 5.72. The van der Waals surface area contributed by atoms with Crippen LogP contribution in [0, 0.1) is 5.82 Å². The Morgan fingerprint density at radius 1 is 0.966 bits per heavy atom. The van der Waals surface area contributed by atoms with E-state index in [1.165, 1.54) is 33.4 Å². The highest BCUT2D eigenvalue weighted by atomic mass is 19.1. The van der Waals surface area contributed by atoms with Crippen LogP contribution in [0.2, 0.25) is 0 Å². The summed E-state index contributed by atoms with van der Waals surface area (Å²) in [5, 5.41) is 0. The van der Waals surface area contributed by atoms with Gasteiger partial charge in [0.15, 0.2) is 11.2 Å². The summed E-state index contributed by atoms with van der Waals surface area (Å²) >= 11 is 0. The van der Waals surface area contributed by atoms with Crippen molar-refractivity contribution >= 4 is 11.2 Å². The SMILES string of the molecule is CCCn1cnc2c1c(=O)n(CCc1ccccc1)c(=O)n2-c1ccc(F)cc1. The highest BCUT2D eigenvalue weighted by Crippen LogP contribution is 2.14. The molecule has 0 atom stereocenters. The fraction of sp³-hybridized carbons (Fsp3) is 0.227. The first-order valence-corrected chi connectivity index (χ1v) is 9.60. The van der Waals surface area contributed by atoms with Gasteiger partial charge in [0.2, 0.25) is 0 Å². The van der Waals surface area contributed by atoms with Crippen molar-refractivity contribution in [2.75, 3.05) is 0 Å². The van der Waals surface area contributed by atoms with Crippen LogP contribution in [0.5, 0.6) is 0 Å². The van der Waals surface area contributed by atoms with Gasteiger partial charge in [0.05, 0.1) is 12.0 Å². The molecule has 2 aromatic heterocycles. The molecule has 0 bridgehead atoms. The zero-order valence-corrected chi connectivity index (χ0v) is 16.1. The molecule has 2 heterocycles. The lowest BCUT2D eigenvalue weighted by Crippen LogP contribution is -2.40. The lowest BCUT2D eigenvalue weighted by atomic mass is 10.1. The van der Waals surface area contributed by atoms with E-state index >= 15 is 0 Å². The number of imidazole rings is 1. The molecule has 0 saturated carbocycles. The number of aryl methyl sites for hydroxylation is 2. The van der Waals surface area contributed by atoms with E-state index in [-0.39, 0.29) is 17.8 Å². The second-order valence-electron chi connectivity index (χ2n) is 6.90. The van der Waals surface area contributed by atoms with Gasteiger partial charge in [0.1, 0.15) is 5.82 Å². The van der Waals surface area contributed by atoms with Gasteiger partial charge in [0.25, 0.3) is 5.56 Å². The maximum Gasteiger partial charge on any atom is 0.337 e. The molecule has 0 unspecified atom stereocenters. The third-order valence-electron chi connectivity index (χ3n) is 4.92. The van der Waals surface area contributed by atoms with E-state index < -0.39 is 11.5 Å². The van der Waals surface area contributed by atoms with Crippen molar-refractivity contribution in [2.24, 2.45) is 0 Å². The lowest BCUT2D eigenvalue weighted by molar-refractivity contribution is 0.610. The van der Waals surface area contributed by atoms with Crippen molar-refractivity contribution in [2.45, 2.75) is 32.9 Å². The predicted octanol–water partition coefficient (Wildman–Crippen LogP) is 3.14. The number of benzene rings is 2. The van der Waals surface area contributed by atoms with Crippen LogP contribution < -0.4 is 11.2 Å². The monoisotopic (exact) mass is 392 g/mol. The molecule has 0 aliphatic rings. The van der Waals surface area contributed by atoms with Crippen molar-refractivity contribution in [1.29, 1.82) is 0 Å². The molecule has 7 heteroatoms. The summed E-state index contributed by atoms with van der Waals surface area (Å²) in [5.74, 6) is -0.396. The quantitative estimate of drug-likeness (QED) is 0.506. The zero-order valence-electron chi connectivity index (χ0n) is 16.1. The molecule has 0 radical (unpaired) electrons. The van der Waals surface area contributed by atoms with Crippen LogP contribution in [0.4, 0.5) is 4.39 Å². The van der Waals surface area contributed by atoms with Gasteiger partial charge in [0, 0.05) is 13.1 Å². The smallest absolute Gasteiger partial charge is 0.325 e. The average molecular weight is 392 g/mol. The molecular formula is C22H21FN4O2. The summed E-state index contributed by atoms with van der Waals surface area (Å²) in [6.07, 6.45) is 2.95. The second-order valence-corrected chi connectivity index (χ2v) is 6.90. The van der Waals surface area contributed by atoms with Gasteiger partial charge in [-0.1, -0.05) is 37.3 Å². The maximum absolute atomic E-state index is 13.4. The topological polar surface area (TPSA) is 61.8 Å². The van der Waals surface area contributed by atoms with Crippen LogP contribution in [0.3, 0.4) is 0 Å². The summed E-state index contributed by atoms with van der Waals surface area (Å²) in [5.41, 5.74) is 1.34. The van der Waals surface area contributed by atoms with Gasteiger partial charge in [-0.25, -0.2) is 18.7 Å². The van der Waals surface area contributed by atoms with E-state index in [1.54, 1.807) is 10.9 Å². The molecule has 4 aromatic rings. The number of rotatable bonds is 6. The first-order valence-electron chi connectivity index (χ1n) is 9.60. The van der Waals surface area contributed by atoms with Crippen LogP contribution >= 0.6 is 0 Å². The highest BCUT2D eigenvalue weighted by Gasteiger charge is 2.19. The molecule has 0 fully saturated rings. The molecule has 0 amide bonds. The molecule has 6 nitrogen and oxygen atoms in total.